The van der Waals surface area contributed by atoms with E-state index in [2.05, 4.69) is 4.98 Å². The molecule has 0 spiro atoms. The van der Waals surface area contributed by atoms with E-state index < -0.39 is 33.2 Å². The number of sulfonamides is 1. The molecule has 0 radical (unpaired) electrons. The Hall–Kier alpha value is -2.96. The number of hydrogen-bond donors (Lipinski definition) is 2. The van der Waals surface area contributed by atoms with E-state index in [-0.39, 0.29) is 26.7 Å². The first-order valence-corrected chi connectivity index (χ1v) is 9.13. The summed E-state index contributed by atoms with van der Waals surface area (Å²) < 4.78 is 67.7. The standard InChI is InChI=1S/C17H9ClF3N3O2S/c18-13-6-17(15(21)3-9(13)7-22)24-27(25,26)11-5-16(23-8-11)12-2-1-10(19)4-14(12)20/h1-6,8,23-24H. The molecule has 0 saturated carbocycles. The molecule has 2 N–H and O–H groups in total. The van der Waals surface area contributed by atoms with Gasteiger partial charge in [0.1, 0.15) is 28.4 Å². The molecule has 0 aliphatic carbocycles. The van der Waals surface area contributed by atoms with E-state index in [0.717, 1.165) is 36.5 Å². The molecular formula is C17H9ClF3N3O2S. The van der Waals surface area contributed by atoms with Crippen molar-refractivity contribution in [3.63, 3.8) is 0 Å². The summed E-state index contributed by atoms with van der Waals surface area (Å²) in [6, 6.07) is 7.40. The molecule has 5 nitrogen and oxygen atoms in total. The summed E-state index contributed by atoms with van der Waals surface area (Å²) in [6.45, 7) is 0. The van der Waals surface area contributed by atoms with Crippen LogP contribution in [-0.4, -0.2) is 13.4 Å². The van der Waals surface area contributed by atoms with E-state index in [1.165, 1.54) is 0 Å². The third-order valence-electron chi connectivity index (χ3n) is 3.61. The lowest BCUT2D eigenvalue weighted by Gasteiger charge is -2.08. The molecule has 138 valence electrons. The summed E-state index contributed by atoms with van der Waals surface area (Å²) in [7, 11) is -4.24. The van der Waals surface area contributed by atoms with Crippen LogP contribution >= 0.6 is 11.6 Å². The van der Waals surface area contributed by atoms with E-state index >= 15 is 0 Å². The topological polar surface area (TPSA) is 85.8 Å². The van der Waals surface area contributed by atoms with Crippen LogP contribution in [0.4, 0.5) is 18.9 Å². The number of hydrogen-bond acceptors (Lipinski definition) is 3. The van der Waals surface area contributed by atoms with Gasteiger partial charge in [-0.05, 0) is 30.3 Å². The van der Waals surface area contributed by atoms with Crippen molar-refractivity contribution >= 4 is 27.3 Å². The molecule has 0 aliphatic rings. The van der Waals surface area contributed by atoms with Gasteiger partial charge in [0.25, 0.3) is 10.0 Å². The number of aromatic nitrogens is 1. The van der Waals surface area contributed by atoms with Gasteiger partial charge in [0.2, 0.25) is 0 Å². The molecule has 27 heavy (non-hydrogen) atoms. The smallest absolute Gasteiger partial charge is 0.263 e. The van der Waals surface area contributed by atoms with Crippen LogP contribution in [0.3, 0.4) is 0 Å². The van der Waals surface area contributed by atoms with Gasteiger partial charge in [0.15, 0.2) is 0 Å². The number of anilines is 1. The number of halogens is 4. The van der Waals surface area contributed by atoms with Gasteiger partial charge in [-0.1, -0.05) is 11.6 Å². The third-order valence-corrected chi connectivity index (χ3v) is 5.27. The van der Waals surface area contributed by atoms with Crippen molar-refractivity contribution in [2.75, 3.05) is 4.72 Å². The molecule has 3 aromatic rings. The first-order chi connectivity index (χ1) is 12.7. The fourth-order valence-electron chi connectivity index (χ4n) is 2.31. The monoisotopic (exact) mass is 411 g/mol. The highest BCUT2D eigenvalue weighted by Gasteiger charge is 2.20. The third kappa shape index (κ3) is 3.77. The van der Waals surface area contributed by atoms with E-state index in [0.29, 0.717) is 6.07 Å². The zero-order valence-corrected chi connectivity index (χ0v) is 14.8. The lowest BCUT2D eigenvalue weighted by Crippen LogP contribution is -2.13. The second-order valence-corrected chi connectivity index (χ2v) is 7.49. The fourth-order valence-corrected chi connectivity index (χ4v) is 3.56. The van der Waals surface area contributed by atoms with Gasteiger partial charge >= 0.3 is 0 Å². The van der Waals surface area contributed by atoms with Gasteiger partial charge in [-0.15, -0.1) is 0 Å². The van der Waals surface area contributed by atoms with Crippen molar-refractivity contribution < 1.29 is 21.6 Å². The van der Waals surface area contributed by atoms with Crippen molar-refractivity contribution in [1.82, 2.24) is 4.98 Å². The Morgan fingerprint density at radius 3 is 2.48 bits per heavy atom. The minimum atomic E-state index is -4.24. The Morgan fingerprint density at radius 2 is 1.81 bits per heavy atom. The molecule has 0 fully saturated rings. The summed E-state index contributed by atoms with van der Waals surface area (Å²) in [6.07, 6.45) is 1.07. The van der Waals surface area contributed by atoms with E-state index in [4.69, 9.17) is 16.9 Å². The maximum Gasteiger partial charge on any atom is 0.263 e. The Bertz CT molecular complexity index is 1190. The lowest BCUT2D eigenvalue weighted by atomic mass is 10.1. The predicted molar refractivity (Wildman–Crippen MR) is 93.1 cm³/mol. The normalized spacial score (nSPS) is 11.2. The average Bonchev–Trinajstić information content (AvgIpc) is 3.08. The van der Waals surface area contributed by atoms with E-state index in [1.807, 2.05) is 4.72 Å². The van der Waals surface area contributed by atoms with Crippen molar-refractivity contribution in [3.8, 4) is 17.3 Å². The highest BCUT2D eigenvalue weighted by atomic mass is 35.5. The molecule has 10 heteroatoms. The highest BCUT2D eigenvalue weighted by Crippen LogP contribution is 2.28. The van der Waals surface area contributed by atoms with Gasteiger partial charge in [-0.2, -0.15) is 5.26 Å². The van der Waals surface area contributed by atoms with Crippen LogP contribution < -0.4 is 4.72 Å². The van der Waals surface area contributed by atoms with Gasteiger partial charge in [-0.25, -0.2) is 21.6 Å². The molecule has 0 saturated heterocycles. The van der Waals surface area contributed by atoms with Crippen LogP contribution in [-0.2, 0) is 10.0 Å². The lowest BCUT2D eigenvalue weighted by molar-refractivity contribution is 0.585. The number of H-pyrrole nitrogens is 1. The zero-order chi connectivity index (χ0) is 19.8. The number of nitrogens with one attached hydrogen (secondary N) is 2. The molecule has 0 atom stereocenters. The molecule has 2 aromatic carbocycles. The molecule has 0 bridgehead atoms. The Balaban J connectivity index is 1.94. The maximum absolute atomic E-state index is 14.0. The number of aromatic amines is 1. The summed E-state index contributed by atoms with van der Waals surface area (Å²) >= 11 is 5.79. The van der Waals surface area contributed by atoms with Gasteiger partial charge in [0.05, 0.1) is 16.3 Å². The number of rotatable bonds is 4. The van der Waals surface area contributed by atoms with Gasteiger partial charge in [0, 0.05) is 23.5 Å². The van der Waals surface area contributed by atoms with Crippen molar-refractivity contribution in [1.29, 1.82) is 5.26 Å². The summed E-state index contributed by atoms with van der Waals surface area (Å²) in [4.78, 5) is 2.27. The zero-order valence-electron chi connectivity index (χ0n) is 13.2. The molecule has 0 aliphatic heterocycles. The molecular weight excluding hydrogens is 403 g/mol. The summed E-state index contributed by atoms with van der Waals surface area (Å²) in [5.74, 6) is -2.64. The van der Waals surface area contributed by atoms with Crippen molar-refractivity contribution in [2.45, 2.75) is 4.90 Å². The van der Waals surface area contributed by atoms with Crippen LogP contribution in [0, 0.1) is 28.8 Å². The van der Waals surface area contributed by atoms with Crippen LogP contribution in [0.2, 0.25) is 5.02 Å². The first kappa shape index (κ1) is 18.8. The van der Waals surface area contributed by atoms with E-state index in [9.17, 15) is 21.6 Å². The minimum Gasteiger partial charge on any atom is -0.360 e. The predicted octanol–water partition coefficient (Wildman–Crippen LogP) is 4.42. The summed E-state index contributed by atoms with van der Waals surface area (Å²) in [5.41, 5.74) is -0.542. The highest BCUT2D eigenvalue weighted by molar-refractivity contribution is 7.92. The summed E-state index contributed by atoms with van der Waals surface area (Å²) in [5, 5.41) is 8.67. The molecule has 3 rings (SSSR count). The van der Waals surface area contributed by atoms with Crippen LogP contribution in [0.5, 0.6) is 0 Å². The Labute approximate surface area is 157 Å². The van der Waals surface area contributed by atoms with Gasteiger partial charge < -0.3 is 4.98 Å². The Kier molecular flexibility index (Phi) is 4.87. The molecule has 1 aromatic heterocycles. The second-order valence-electron chi connectivity index (χ2n) is 5.40. The number of nitriles is 1. The molecule has 0 amide bonds. The number of nitrogens with zero attached hydrogens (tertiary/aromatic N) is 1. The first-order valence-electron chi connectivity index (χ1n) is 7.27. The SMILES string of the molecule is N#Cc1cc(F)c(NS(=O)(=O)c2c[nH]c(-c3ccc(F)cc3F)c2)cc1Cl. The second kappa shape index (κ2) is 6.98. The molecule has 1 heterocycles. The van der Waals surface area contributed by atoms with Gasteiger partial charge in [-0.3, -0.25) is 4.72 Å². The van der Waals surface area contributed by atoms with Crippen LogP contribution in [0.25, 0.3) is 11.3 Å². The average molecular weight is 412 g/mol. The molecule has 0 unspecified atom stereocenters. The van der Waals surface area contributed by atoms with Crippen LogP contribution in [0.15, 0.2) is 47.5 Å². The van der Waals surface area contributed by atoms with Crippen LogP contribution in [0.1, 0.15) is 5.56 Å². The number of benzene rings is 2. The quantitative estimate of drug-likeness (QED) is 0.666. The fraction of sp³-hybridized carbons (Fsp3) is 0. The maximum atomic E-state index is 14.0. The largest absolute Gasteiger partial charge is 0.360 e. The minimum absolute atomic E-state index is 0.0366. The Morgan fingerprint density at radius 1 is 1.07 bits per heavy atom. The van der Waals surface area contributed by atoms with E-state index in [1.54, 1.807) is 6.07 Å². The van der Waals surface area contributed by atoms with Crippen molar-refractivity contribution in [2.24, 2.45) is 0 Å². The van der Waals surface area contributed by atoms with Crippen molar-refractivity contribution in [3.05, 3.63) is 70.6 Å².